The number of rotatable bonds is 7. The molecule has 0 unspecified atom stereocenters. The van der Waals surface area contributed by atoms with Crippen LogP contribution < -0.4 is 15.4 Å². The van der Waals surface area contributed by atoms with Gasteiger partial charge in [-0.15, -0.1) is 0 Å². The van der Waals surface area contributed by atoms with Crippen molar-refractivity contribution in [3.8, 4) is 11.8 Å². The van der Waals surface area contributed by atoms with Gasteiger partial charge in [0.15, 0.2) is 5.57 Å². The van der Waals surface area contributed by atoms with Crippen molar-refractivity contribution in [1.82, 2.24) is 0 Å². The maximum Gasteiger partial charge on any atom is 0.350 e. The molecule has 0 saturated heterocycles. The van der Waals surface area contributed by atoms with E-state index in [0.717, 1.165) is 0 Å². The molecule has 0 aromatic heterocycles. The lowest BCUT2D eigenvalue weighted by Gasteiger charge is -2.14. The molecule has 7 heteroatoms. The summed E-state index contributed by atoms with van der Waals surface area (Å²) in [4.78, 5) is 23.0. The molecule has 128 valence electrons. The number of ether oxygens (including phenoxy) is 2. The molecule has 0 aliphatic heterocycles. The number of anilines is 2. The van der Waals surface area contributed by atoms with Gasteiger partial charge in [-0.05, 0) is 32.9 Å². The molecule has 0 spiro atoms. The van der Waals surface area contributed by atoms with E-state index in [4.69, 9.17) is 14.7 Å². The Hall–Kier alpha value is -3.01. The smallest absolute Gasteiger partial charge is 0.350 e. The van der Waals surface area contributed by atoms with Gasteiger partial charge >= 0.3 is 5.97 Å². The Morgan fingerprint density at radius 1 is 1.17 bits per heavy atom. The van der Waals surface area contributed by atoms with Gasteiger partial charge in [0.05, 0.1) is 18.9 Å². The second-order valence-electron chi connectivity index (χ2n) is 4.78. The zero-order chi connectivity index (χ0) is 18.1. The van der Waals surface area contributed by atoms with Gasteiger partial charge in [0.2, 0.25) is 5.91 Å². The molecule has 0 saturated carbocycles. The van der Waals surface area contributed by atoms with Crippen molar-refractivity contribution in [2.45, 2.75) is 27.7 Å². The number of nitrogens with zero attached hydrogens (tertiary/aromatic N) is 1. The fraction of sp³-hybridized carbons (Fsp3) is 0.353. The molecule has 7 nitrogen and oxygen atoms in total. The van der Waals surface area contributed by atoms with Crippen molar-refractivity contribution in [3.63, 3.8) is 0 Å². The van der Waals surface area contributed by atoms with E-state index in [9.17, 15) is 9.59 Å². The summed E-state index contributed by atoms with van der Waals surface area (Å²) < 4.78 is 10.4. The predicted octanol–water partition coefficient (Wildman–Crippen LogP) is 2.82. The molecule has 0 radical (unpaired) electrons. The molecular formula is C17H21N3O4. The summed E-state index contributed by atoms with van der Waals surface area (Å²) in [6, 6.07) is 6.90. The highest BCUT2D eigenvalue weighted by atomic mass is 16.5. The van der Waals surface area contributed by atoms with Gasteiger partial charge in [-0.1, -0.05) is 0 Å². The molecule has 1 amide bonds. The minimum absolute atomic E-state index is 0.0965. The van der Waals surface area contributed by atoms with Crippen LogP contribution in [0.2, 0.25) is 0 Å². The molecule has 1 aromatic carbocycles. The zero-order valence-electron chi connectivity index (χ0n) is 14.2. The third-order valence-electron chi connectivity index (χ3n) is 2.89. The quantitative estimate of drug-likeness (QED) is 0.453. The summed E-state index contributed by atoms with van der Waals surface area (Å²) in [6.07, 6.45) is 0. The van der Waals surface area contributed by atoms with Crippen LogP contribution >= 0.6 is 0 Å². The van der Waals surface area contributed by atoms with E-state index in [2.05, 4.69) is 10.6 Å². The number of esters is 1. The van der Waals surface area contributed by atoms with E-state index in [1.54, 1.807) is 32.0 Å². The van der Waals surface area contributed by atoms with Crippen molar-refractivity contribution < 1.29 is 19.1 Å². The predicted molar refractivity (Wildman–Crippen MR) is 90.5 cm³/mol. The lowest BCUT2D eigenvalue weighted by atomic mass is 10.2. The fourth-order valence-electron chi connectivity index (χ4n) is 1.93. The molecule has 0 bridgehead atoms. The summed E-state index contributed by atoms with van der Waals surface area (Å²) in [6.45, 7) is 7.14. The first-order valence-electron chi connectivity index (χ1n) is 7.52. The molecule has 1 rings (SSSR count). The van der Waals surface area contributed by atoms with Crippen LogP contribution in [0, 0.1) is 11.3 Å². The Morgan fingerprint density at radius 3 is 2.42 bits per heavy atom. The fourth-order valence-corrected chi connectivity index (χ4v) is 1.93. The first kappa shape index (κ1) is 19.0. The van der Waals surface area contributed by atoms with Crippen molar-refractivity contribution >= 4 is 23.3 Å². The maximum atomic E-state index is 11.7. The number of allylic oxidation sites excluding steroid dienone is 1. The van der Waals surface area contributed by atoms with Crippen molar-refractivity contribution in [2.24, 2.45) is 0 Å². The first-order valence-corrected chi connectivity index (χ1v) is 7.52. The minimum atomic E-state index is -0.676. The number of benzene rings is 1. The molecule has 2 N–H and O–H groups in total. The lowest BCUT2D eigenvalue weighted by molar-refractivity contribution is -0.138. The van der Waals surface area contributed by atoms with E-state index in [1.807, 2.05) is 13.0 Å². The molecule has 0 atom stereocenters. The average Bonchev–Trinajstić information content (AvgIpc) is 2.50. The number of amides is 1. The van der Waals surface area contributed by atoms with Gasteiger partial charge in [-0.3, -0.25) is 4.79 Å². The Balaban J connectivity index is 3.10. The number of nitriles is 1. The van der Waals surface area contributed by atoms with Crippen LogP contribution in [0.25, 0.3) is 0 Å². The highest BCUT2D eigenvalue weighted by molar-refractivity contribution is 5.94. The highest BCUT2D eigenvalue weighted by Crippen LogP contribution is 2.29. The number of hydrogen-bond acceptors (Lipinski definition) is 6. The standard InChI is InChI=1S/C17H21N3O4/c1-5-23-16-9-13(7-8-15(16)20-12(4)21)19-11(3)14(10-18)17(22)24-6-2/h7-9,19H,5-6H2,1-4H3,(H,20,21)/b14-11-. The van der Waals surface area contributed by atoms with Crippen molar-refractivity contribution in [2.75, 3.05) is 23.8 Å². The van der Waals surface area contributed by atoms with Crippen LogP contribution in [0.1, 0.15) is 27.7 Å². The normalized spacial score (nSPS) is 11.0. The van der Waals surface area contributed by atoms with Crippen molar-refractivity contribution in [3.05, 3.63) is 29.5 Å². The summed E-state index contributed by atoms with van der Waals surface area (Å²) >= 11 is 0. The largest absolute Gasteiger partial charge is 0.492 e. The van der Waals surface area contributed by atoms with Crippen molar-refractivity contribution in [1.29, 1.82) is 5.26 Å². The monoisotopic (exact) mass is 331 g/mol. The second kappa shape index (κ2) is 9.20. The van der Waals surface area contributed by atoms with Crippen LogP contribution in [0.3, 0.4) is 0 Å². The summed E-state index contributed by atoms with van der Waals surface area (Å²) in [5.74, 6) is -0.396. The van der Waals surface area contributed by atoms with Crippen LogP contribution in [0.5, 0.6) is 5.75 Å². The Bertz CT molecular complexity index is 690. The van der Waals surface area contributed by atoms with Gasteiger partial charge in [-0.25, -0.2) is 4.79 Å². The van der Waals surface area contributed by atoms with E-state index >= 15 is 0 Å². The first-order chi connectivity index (χ1) is 11.4. The van der Waals surface area contributed by atoms with Crippen LogP contribution in [-0.2, 0) is 14.3 Å². The molecule has 24 heavy (non-hydrogen) atoms. The Kier molecular flexibility index (Phi) is 7.30. The number of carbonyl (C=O) groups excluding carboxylic acids is 2. The molecule has 1 aromatic rings. The topological polar surface area (TPSA) is 100 Å². The maximum absolute atomic E-state index is 11.7. The average molecular weight is 331 g/mol. The summed E-state index contributed by atoms with van der Waals surface area (Å²) in [5.41, 5.74) is 1.43. The second-order valence-corrected chi connectivity index (χ2v) is 4.78. The van der Waals surface area contributed by atoms with E-state index < -0.39 is 5.97 Å². The molecule has 0 aliphatic rings. The number of hydrogen-bond donors (Lipinski definition) is 2. The number of nitrogens with one attached hydrogen (secondary N) is 2. The SMILES string of the molecule is CCOC(=O)/C(C#N)=C(/C)Nc1ccc(NC(C)=O)c(OCC)c1. The summed E-state index contributed by atoms with van der Waals surface area (Å²) in [5, 5.41) is 14.8. The highest BCUT2D eigenvalue weighted by Gasteiger charge is 2.14. The molecule has 0 fully saturated rings. The lowest BCUT2D eigenvalue weighted by Crippen LogP contribution is -2.12. The third-order valence-corrected chi connectivity index (χ3v) is 2.89. The van der Waals surface area contributed by atoms with Gasteiger partial charge in [-0.2, -0.15) is 5.26 Å². The van der Waals surface area contributed by atoms with Gasteiger partial charge < -0.3 is 20.1 Å². The summed E-state index contributed by atoms with van der Waals surface area (Å²) in [7, 11) is 0. The van der Waals surface area contributed by atoms with E-state index in [0.29, 0.717) is 29.4 Å². The number of carbonyl (C=O) groups is 2. The van der Waals surface area contributed by atoms with Gasteiger partial charge in [0.1, 0.15) is 11.8 Å². The van der Waals surface area contributed by atoms with Crippen LogP contribution in [0.4, 0.5) is 11.4 Å². The molecular weight excluding hydrogens is 310 g/mol. The van der Waals surface area contributed by atoms with Gasteiger partial charge in [0, 0.05) is 24.4 Å². The minimum Gasteiger partial charge on any atom is -0.492 e. The zero-order valence-corrected chi connectivity index (χ0v) is 14.2. The van der Waals surface area contributed by atoms with E-state index in [-0.39, 0.29) is 18.1 Å². The Labute approximate surface area is 141 Å². The third kappa shape index (κ3) is 5.32. The van der Waals surface area contributed by atoms with E-state index in [1.165, 1.54) is 6.92 Å². The van der Waals surface area contributed by atoms with Crippen LogP contribution in [-0.4, -0.2) is 25.1 Å². The molecule has 0 aliphatic carbocycles. The Morgan fingerprint density at radius 2 is 1.88 bits per heavy atom. The van der Waals surface area contributed by atoms with Gasteiger partial charge in [0.25, 0.3) is 0 Å². The molecule has 0 heterocycles. The van der Waals surface area contributed by atoms with Crippen LogP contribution in [0.15, 0.2) is 29.5 Å².